The van der Waals surface area contributed by atoms with Crippen LogP contribution in [-0.4, -0.2) is 48.8 Å². The molecule has 0 aromatic heterocycles. The van der Waals surface area contributed by atoms with Gasteiger partial charge >= 0.3 is 10.2 Å². The van der Waals surface area contributed by atoms with Gasteiger partial charge in [0.1, 0.15) is 5.75 Å². The molecule has 0 saturated heterocycles. The standard InChI is InChI=1S/C14H15FN2O7S3/c1-17(2)27(23,24)12-6-7-14(18)13(9-12)16-26(21,22)11-5-3-4-10(8-11)25(15,19)20/h3-9,16,18H,1-2H3. The molecule has 0 spiro atoms. The third kappa shape index (κ3) is 4.55. The molecule has 9 nitrogen and oxygen atoms in total. The molecule has 2 rings (SSSR count). The van der Waals surface area contributed by atoms with E-state index in [1.165, 1.54) is 14.1 Å². The molecule has 0 saturated carbocycles. The van der Waals surface area contributed by atoms with Crippen LogP contribution in [0.2, 0.25) is 0 Å². The molecule has 0 atom stereocenters. The van der Waals surface area contributed by atoms with Crippen LogP contribution in [0.15, 0.2) is 57.2 Å². The van der Waals surface area contributed by atoms with E-state index >= 15 is 0 Å². The van der Waals surface area contributed by atoms with Gasteiger partial charge in [0.05, 0.1) is 20.4 Å². The summed E-state index contributed by atoms with van der Waals surface area (Å²) in [6.45, 7) is 0. The second-order valence-corrected chi connectivity index (χ2v) is 10.7. The van der Waals surface area contributed by atoms with Gasteiger partial charge in [0.2, 0.25) is 10.0 Å². The van der Waals surface area contributed by atoms with Crippen LogP contribution < -0.4 is 4.72 Å². The Hall–Kier alpha value is -2.22. The maximum absolute atomic E-state index is 13.1. The molecule has 0 aliphatic carbocycles. The van der Waals surface area contributed by atoms with Crippen molar-refractivity contribution in [2.45, 2.75) is 14.7 Å². The smallest absolute Gasteiger partial charge is 0.332 e. The van der Waals surface area contributed by atoms with Gasteiger partial charge in [-0.25, -0.2) is 21.1 Å². The van der Waals surface area contributed by atoms with E-state index in [0.29, 0.717) is 6.07 Å². The minimum atomic E-state index is -5.13. The van der Waals surface area contributed by atoms with Gasteiger partial charge in [-0.2, -0.15) is 8.42 Å². The second kappa shape index (κ2) is 7.07. The first-order valence-corrected chi connectivity index (χ1v) is 11.4. The number of rotatable bonds is 6. The van der Waals surface area contributed by atoms with Crippen LogP contribution in [0.25, 0.3) is 0 Å². The van der Waals surface area contributed by atoms with E-state index in [0.717, 1.165) is 40.7 Å². The van der Waals surface area contributed by atoms with Crippen molar-refractivity contribution in [2.75, 3.05) is 18.8 Å². The van der Waals surface area contributed by atoms with Gasteiger partial charge in [-0.3, -0.25) is 4.72 Å². The quantitative estimate of drug-likeness (QED) is 0.509. The van der Waals surface area contributed by atoms with Gasteiger partial charge in [-0.1, -0.05) is 6.07 Å². The van der Waals surface area contributed by atoms with E-state index in [1.807, 2.05) is 4.72 Å². The van der Waals surface area contributed by atoms with Crippen LogP contribution in [0.1, 0.15) is 0 Å². The molecule has 0 bridgehead atoms. The van der Waals surface area contributed by atoms with Gasteiger partial charge in [-0.15, -0.1) is 3.89 Å². The van der Waals surface area contributed by atoms with Gasteiger partial charge < -0.3 is 5.11 Å². The summed E-state index contributed by atoms with van der Waals surface area (Å²) in [5, 5.41) is 9.84. The van der Waals surface area contributed by atoms with Crippen LogP contribution in [0.3, 0.4) is 0 Å². The molecule has 2 aromatic carbocycles. The van der Waals surface area contributed by atoms with Crippen molar-refractivity contribution in [3.63, 3.8) is 0 Å². The number of sulfonamides is 2. The SMILES string of the molecule is CN(C)S(=O)(=O)c1ccc(O)c(NS(=O)(=O)c2cccc(S(=O)(=O)F)c2)c1. The summed E-state index contributed by atoms with van der Waals surface area (Å²) >= 11 is 0. The number of phenols is 1. The van der Waals surface area contributed by atoms with Gasteiger partial charge in [0.15, 0.2) is 0 Å². The molecule has 148 valence electrons. The molecule has 2 aromatic rings. The molecule has 2 N–H and O–H groups in total. The Morgan fingerprint density at radius 2 is 1.48 bits per heavy atom. The topological polar surface area (TPSA) is 138 Å². The van der Waals surface area contributed by atoms with Crippen LogP contribution in [0.4, 0.5) is 9.57 Å². The molecule has 27 heavy (non-hydrogen) atoms. The average Bonchev–Trinajstić information content (AvgIpc) is 2.55. The largest absolute Gasteiger partial charge is 0.506 e. The van der Waals surface area contributed by atoms with Crippen LogP contribution >= 0.6 is 0 Å². The number of halogens is 1. The number of aromatic hydroxyl groups is 1. The summed E-state index contributed by atoms with van der Waals surface area (Å²) < 4.78 is 87.0. The first kappa shape index (κ1) is 21.1. The first-order valence-electron chi connectivity index (χ1n) is 7.08. The molecule has 0 heterocycles. The number of hydrogen-bond acceptors (Lipinski definition) is 7. The molecular weight excluding hydrogens is 423 g/mol. The molecule has 0 aliphatic rings. The lowest BCUT2D eigenvalue weighted by Gasteiger charge is -2.14. The molecule has 0 unspecified atom stereocenters. The zero-order chi connectivity index (χ0) is 20.6. The monoisotopic (exact) mass is 438 g/mol. The Kier molecular flexibility index (Phi) is 5.52. The minimum Gasteiger partial charge on any atom is -0.506 e. The third-order valence-corrected chi connectivity index (χ3v) is 7.38. The first-order chi connectivity index (χ1) is 12.2. The summed E-state index contributed by atoms with van der Waals surface area (Å²) in [4.78, 5) is -1.75. The van der Waals surface area contributed by atoms with Crippen LogP contribution in [0.5, 0.6) is 5.75 Å². The molecule has 0 radical (unpaired) electrons. The number of phenolic OH excluding ortho intramolecular Hbond substituents is 1. The Labute approximate surface area is 156 Å². The van der Waals surface area contributed by atoms with E-state index in [1.54, 1.807) is 0 Å². The highest BCUT2D eigenvalue weighted by Gasteiger charge is 2.23. The molecule has 0 amide bonds. The normalized spacial score (nSPS) is 12.9. The van der Waals surface area contributed by atoms with Crippen molar-refractivity contribution < 1.29 is 34.2 Å². The molecular formula is C14H15FN2O7S3. The fourth-order valence-corrected chi connectivity index (χ4v) is 4.59. The Bertz CT molecular complexity index is 1190. The van der Waals surface area contributed by atoms with Gasteiger partial charge in [-0.05, 0) is 36.4 Å². The van der Waals surface area contributed by atoms with E-state index in [9.17, 15) is 34.2 Å². The third-order valence-electron chi connectivity index (χ3n) is 3.39. The zero-order valence-corrected chi connectivity index (χ0v) is 16.4. The number of benzene rings is 2. The number of hydrogen-bond donors (Lipinski definition) is 2. The molecule has 13 heteroatoms. The lowest BCUT2D eigenvalue weighted by Crippen LogP contribution is -2.22. The molecule has 0 fully saturated rings. The van der Waals surface area contributed by atoms with E-state index in [2.05, 4.69) is 0 Å². The lowest BCUT2D eigenvalue weighted by atomic mass is 10.3. The van der Waals surface area contributed by atoms with Crippen molar-refractivity contribution in [2.24, 2.45) is 0 Å². The summed E-state index contributed by atoms with van der Waals surface area (Å²) in [5.74, 6) is -0.564. The summed E-state index contributed by atoms with van der Waals surface area (Å²) in [5.41, 5.74) is -0.452. The predicted octanol–water partition coefficient (Wildman–Crippen LogP) is 1.10. The maximum Gasteiger partial charge on any atom is 0.332 e. The highest BCUT2D eigenvalue weighted by molar-refractivity contribution is 7.93. The zero-order valence-electron chi connectivity index (χ0n) is 14.0. The Morgan fingerprint density at radius 1 is 0.889 bits per heavy atom. The van der Waals surface area contributed by atoms with E-state index in [-0.39, 0.29) is 4.90 Å². The number of nitrogens with zero attached hydrogens (tertiary/aromatic N) is 1. The van der Waals surface area contributed by atoms with Crippen LogP contribution in [-0.2, 0) is 30.3 Å². The average molecular weight is 438 g/mol. The summed E-state index contributed by atoms with van der Waals surface area (Å²) in [6.07, 6.45) is 0. The highest BCUT2D eigenvalue weighted by atomic mass is 32.3. The summed E-state index contributed by atoms with van der Waals surface area (Å²) in [7, 11) is -10.9. The van der Waals surface area contributed by atoms with Crippen molar-refractivity contribution >= 4 is 36.0 Å². The highest BCUT2D eigenvalue weighted by Crippen LogP contribution is 2.30. The Morgan fingerprint density at radius 3 is 2.04 bits per heavy atom. The fourth-order valence-electron chi connectivity index (χ4n) is 1.96. The summed E-state index contributed by atoms with van der Waals surface area (Å²) in [6, 6.07) is 6.46. The predicted molar refractivity (Wildman–Crippen MR) is 94.5 cm³/mol. The van der Waals surface area contributed by atoms with Crippen molar-refractivity contribution in [1.82, 2.24) is 4.31 Å². The number of nitrogens with one attached hydrogen (secondary N) is 1. The van der Waals surface area contributed by atoms with Crippen molar-refractivity contribution in [3.8, 4) is 5.75 Å². The lowest BCUT2D eigenvalue weighted by molar-refractivity contribution is 0.476. The Balaban J connectivity index is 2.50. The van der Waals surface area contributed by atoms with Gasteiger partial charge in [0, 0.05) is 14.1 Å². The van der Waals surface area contributed by atoms with Crippen LogP contribution in [0, 0.1) is 0 Å². The van der Waals surface area contributed by atoms with E-state index in [4.69, 9.17) is 0 Å². The number of anilines is 1. The van der Waals surface area contributed by atoms with E-state index < -0.39 is 51.5 Å². The van der Waals surface area contributed by atoms with Crippen molar-refractivity contribution in [3.05, 3.63) is 42.5 Å². The van der Waals surface area contributed by atoms with Crippen molar-refractivity contribution in [1.29, 1.82) is 0 Å². The fraction of sp³-hybridized carbons (Fsp3) is 0.143. The second-order valence-electron chi connectivity index (χ2n) is 5.48. The molecule has 0 aliphatic heterocycles. The maximum atomic E-state index is 13.1. The van der Waals surface area contributed by atoms with Gasteiger partial charge in [0.25, 0.3) is 10.0 Å². The minimum absolute atomic E-state index is 0.289.